The van der Waals surface area contributed by atoms with E-state index in [-0.39, 0.29) is 36.6 Å². The molecule has 1 fully saturated rings. The Labute approximate surface area is 174 Å². The Balaban J connectivity index is 2.00. The molecule has 7 unspecified atom stereocenters. The second-order valence-electron chi connectivity index (χ2n) is 8.82. The average Bonchev–Trinajstić information content (AvgIpc) is 2.67. The fraction of sp³-hybridized carbons (Fsp3) is 0.818. The third kappa shape index (κ3) is 7.10. The van der Waals surface area contributed by atoms with Crippen LogP contribution in [0.2, 0.25) is 0 Å². The van der Waals surface area contributed by atoms with E-state index in [4.69, 9.17) is 0 Å². The zero-order valence-corrected chi connectivity index (χ0v) is 18.5. The average molecular weight is 415 g/mol. The summed E-state index contributed by atoms with van der Waals surface area (Å²) in [5.41, 5.74) is 2.38. The first-order valence-electron chi connectivity index (χ1n) is 11.1. The van der Waals surface area contributed by atoms with Crippen molar-refractivity contribution in [3.63, 3.8) is 0 Å². The van der Waals surface area contributed by atoms with Crippen molar-refractivity contribution in [2.45, 2.75) is 90.8 Å². The fourth-order valence-corrected chi connectivity index (χ4v) is 4.16. The molecule has 29 heavy (non-hydrogen) atoms. The first kappa shape index (κ1) is 24.4. The van der Waals surface area contributed by atoms with Crippen LogP contribution in [0, 0.1) is 11.8 Å². The number of alkyl halides is 2. The van der Waals surface area contributed by atoms with Crippen LogP contribution in [0.15, 0.2) is 23.3 Å². The molecule has 0 spiro atoms. The summed E-state index contributed by atoms with van der Waals surface area (Å²) in [5.74, 6) is 0.696. The van der Waals surface area contributed by atoms with Gasteiger partial charge in [-0.25, -0.2) is 8.78 Å². The molecule has 0 aromatic heterocycles. The lowest BCUT2D eigenvalue weighted by Gasteiger charge is -2.42. The molecule has 0 bridgehead atoms. The third-order valence-electron chi connectivity index (χ3n) is 6.29. The van der Waals surface area contributed by atoms with Crippen molar-refractivity contribution < 1.29 is 13.9 Å². The highest BCUT2D eigenvalue weighted by molar-refractivity contribution is 5.31. The van der Waals surface area contributed by atoms with Crippen molar-refractivity contribution in [3.05, 3.63) is 23.3 Å². The summed E-state index contributed by atoms with van der Waals surface area (Å²) in [6, 6.07) is 0.563. The molecule has 0 radical (unpaired) electrons. The van der Waals surface area contributed by atoms with Crippen LogP contribution in [0.5, 0.6) is 0 Å². The Hall–Kier alpha value is -0.860. The summed E-state index contributed by atoms with van der Waals surface area (Å²) in [5, 5.41) is 24.2. The van der Waals surface area contributed by atoms with Gasteiger partial charge in [-0.05, 0) is 44.1 Å². The van der Waals surface area contributed by atoms with Crippen LogP contribution in [0.3, 0.4) is 0 Å². The maximum absolute atomic E-state index is 12.4. The van der Waals surface area contributed by atoms with Gasteiger partial charge >= 0.3 is 0 Å². The van der Waals surface area contributed by atoms with Gasteiger partial charge in [-0.15, -0.1) is 0 Å². The Morgan fingerprint density at radius 2 is 1.97 bits per heavy atom. The molecule has 5 nitrogen and oxygen atoms in total. The highest BCUT2D eigenvalue weighted by Crippen LogP contribution is 2.31. The first-order valence-corrected chi connectivity index (χ1v) is 11.1. The minimum Gasteiger partial charge on any atom is -0.375 e. The number of nitrogens with one attached hydrogen (secondary N) is 4. The van der Waals surface area contributed by atoms with Gasteiger partial charge < -0.3 is 15.7 Å². The van der Waals surface area contributed by atoms with E-state index in [1.165, 1.54) is 5.57 Å². The summed E-state index contributed by atoms with van der Waals surface area (Å²) >= 11 is 0. The molecule has 1 aliphatic heterocycles. The molecule has 1 aliphatic carbocycles. The number of hydrogen-bond donors (Lipinski definition) is 5. The van der Waals surface area contributed by atoms with Gasteiger partial charge in [-0.2, -0.15) is 0 Å². The minimum atomic E-state index is -2.27. The zero-order valence-electron chi connectivity index (χ0n) is 18.5. The molecule has 7 heteroatoms. The van der Waals surface area contributed by atoms with E-state index >= 15 is 0 Å². The van der Waals surface area contributed by atoms with Crippen molar-refractivity contribution in [2.24, 2.45) is 11.8 Å². The van der Waals surface area contributed by atoms with Gasteiger partial charge in [0, 0.05) is 37.6 Å². The Bertz CT molecular complexity index is 569. The maximum Gasteiger partial charge on any atom is 0.239 e. The normalized spacial score (nSPS) is 31.2. The molecule has 0 aromatic rings. The van der Waals surface area contributed by atoms with E-state index in [1.54, 1.807) is 0 Å². The molecule has 168 valence electrons. The standard InChI is InChI=1S/C22H40F2N4O/c1-6-15(4)27-22(29)18-8-7-17(11-13(18)2)20-14(3)12-26-21(28-20)16(5)25-10-9-19(23)24/h7-8,13-16,19-22,25-29H,6,9-12H2,1-5H3. The summed E-state index contributed by atoms with van der Waals surface area (Å²) < 4.78 is 24.8. The van der Waals surface area contributed by atoms with Crippen LogP contribution in [-0.2, 0) is 0 Å². The topological polar surface area (TPSA) is 68.3 Å². The molecule has 2 rings (SSSR count). The van der Waals surface area contributed by atoms with E-state index in [0.717, 1.165) is 25.0 Å². The quantitative estimate of drug-likeness (QED) is 0.356. The van der Waals surface area contributed by atoms with Crippen LogP contribution >= 0.6 is 0 Å². The van der Waals surface area contributed by atoms with E-state index in [0.29, 0.717) is 12.5 Å². The minimum absolute atomic E-state index is 0.0353. The molecular formula is C22H40F2N4O. The van der Waals surface area contributed by atoms with Gasteiger partial charge in [0.25, 0.3) is 0 Å². The summed E-state index contributed by atoms with van der Waals surface area (Å²) in [6.07, 6.45) is 3.14. The fourth-order valence-electron chi connectivity index (χ4n) is 4.16. The van der Waals surface area contributed by atoms with Gasteiger partial charge in [0.15, 0.2) is 0 Å². The lowest BCUT2D eigenvalue weighted by atomic mass is 9.80. The predicted molar refractivity (Wildman–Crippen MR) is 115 cm³/mol. The van der Waals surface area contributed by atoms with Gasteiger partial charge in [0.2, 0.25) is 6.43 Å². The third-order valence-corrected chi connectivity index (χ3v) is 6.29. The Morgan fingerprint density at radius 1 is 1.24 bits per heavy atom. The van der Waals surface area contributed by atoms with E-state index in [1.807, 2.05) is 6.92 Å². The monoisotopic (exact) mass is 414 g/mol. The van der Waals surface area contributed by atoms with E-state index in [9.17, 15) is 13.9 Å². The largest absolute Gasteiger partial charge is 0.375 e. The van der Waals surface area contributed by atoms with Crippen LogP contribution in [0.4, 0.5) is 8.78 Å². The molecule has 0 aromatic carbocycles. The lowest BCUT2D eigenvalue weighted by molar-refractivity contribution is 0.133. The summed E-state index contributed by atoms with van der Waals surface area (Å²) in [7, 11) is 0. The lowest BCUT2D eigenvalue weighted by Crippen LogP contribution is -2.64. The predicted octanol–water partition coefficient (Wildman–Crippen LogP) is 2.74. The molecule has 1 heterocycles. The number of allylic oxidation sites excluding steroid dienone is 2. The highest BCUT2D eigenvalue weighted by Gasteiger charge is 2.33. The van der Waals surface area contributed by atoms with E-state index in [2.05, 4.69) is 61.1 Å². The van der Waals surface area contributed by atoms with E-state index < -0.39 is 12.7 Å². The molecule has 2 aliphatic rings. The van der Waals surface area contributed by atoms with Crippen LogP contribution in [-0.4, -0.2) is 55.1 Å². The molecule has 7 atom stereocenters. The van der Waals surface area contributed by atoms with Crippen molar-refractivity contribution in [1.82, 2.24) is 21.3 Å². The molecule has 1 saturated heterocycles. The summed E-state index contributed by atoms with van der Waals surface area (Å²) in [4.78, 5) is 0. The van der Waals surface area contributed by atoms with Gasteiger partial charge in [0.1, 0.15) is 6.23 Å². The van der Waals surface area contributed by atoms with Crippen molar-refractivity contribution in [3.8, 4) is 0 Å². The highest BCUT2D eigenvalue weighted by atomic mass is 19.3. The van der Waals surface area contributed by atoms with Crippen LogP contribution in [0.25, 0.3) is 0 Å². The zero-order chi connectivity index (χ0) is 21.6. The first-order chi connectivity index (χ1) is 13.7. The number of rotatable bonds is 10. The molecule has 5 N–H and O–H groups in total. The molecular weight excluding hydrogens is 374 g/mol. The second kappa shape index (κ2) is 11.5. The summed E-state index contributed by atoms with van der Waals surface area (Å²) in [6.45, 7) is 11.8. The SMILES string of the molecule is CCC(C)NC(O)C1=CC=C(C2NC(C(C)NCCC(F)F)NCC2C)CC1C. The number of hydrogen-bond acceptors (Lipinski definition) is 5. The van der Waals surface area contributed by atoms with Gasteiger partial charge in [-0.3, -0.25) is 10.6 Å². The Morgan fingerprint density at radius 3 is 2.59 bits per heavy atom. The van der Waals surface area contributed by atoms with Crippen molar-refractivity contribution in [1.29, 1.82) is 0 Å². The molecule has 0 amide bonds. The van der Waals surface area contributed by atoms with Crippen LogP contribution in [0.1, 0.15) is 53.9 Å². The van der Waals surface area contributed by atoms with Crippen LogP contribution < -0.4 is 21.3 Å². The number of aliphatic hydroxyl groups is 1. The van der Waals surface area contributed by atoms with Crippen molar-refractivity contribution in [2.75, 3.05) is 13.1 Å². The number of aliphatic hydroxyl groups excluding tert-OH is 1. The van der Waals surface area contributed by atoms with Crippen molar-refractivity contribution >= 4 is 0 Å². The smallest absolute Gasteiger partial charge is 0.239 e. The maximum atomic E-state index is 12.4. The van der Waals surface area contributed by atoms with Gasteiger partial charge in [-0.1, -0.05) is 38.5 Å². The van der Waals surface area contributed by atoms with Gasteiger partial charge in [0.05, 0.1) is 6.17 Å². The molecule has 0 saturated carbocycles. The number of halogens is 2. The Kier molecular flexibility index (Phi) is 9.69. The second-order valence-corrected chi connectivity index (χ2v) is 8.82.